The van der Waals surface area contributed by atoms with E-state index in [0.717, 1.165) is 12.8 Å². The van der Waals surface area contributed by atoms with Crippen molar-refractivity contribution < 1.29 is 9.53 Å². The fourth-order valence-electron chi connectivity index (χ4n) is 8.11. The van der Waals surface area contributed by atoms with E-state index in [0.29, 0.717) is 17.3 Å². The van der Waals surface area contributed by atoms with Crippen LogP contribution in [0.1, 0.15) is 187 Å². The molecule has 6 aliphatic rings. The van der Waals surface area contributed by atoms with Crippen LogP contribution in [0.3, 0.4) is 0 Å². The van der Waals surface area contributed by atoms with E-state index >= 15 is 0 Å². The van der Waals surface area contributed by atoms with Crippen LogP contribution in [-0.2, 0) is 9.53 Å². The summed E-state index contributed by atoms with van der Waals surface area (Å²) in [5.41, 5.74) is 0.927. The van der Waals surface area contributed by atoms with Gasteiger partial charge in [-0.15, -0.1) is 0 Å². The topological polar surface area (TPSA) is 26.3 Å². The monoisotopic (exact) mass is 488 g/mol. The number of hydrogen-bond donors (Lipinski definition) is 0. The molecule has 0 saturated heterocycles. The van der Waals surface area contributed by atoms with E-state index in [2.05, 4.69) is 13.8 Å². The molecule has 0 aromatic heterocycles. The number of esters is 1. The molecule has 0 aromatic rings. The van der Waals surface area contributed by atoms with Crippen molar-refractivity contribution in [2.75, 3.05) is 0 Å². The van der Waals surface area contributed by atoms with Gasteiger partial charge in [0.05, 0.1) is 0 Å². The van der Waals surface area contributed by atoms with Crippen molar-refractivity contribution in [3.8, 4) is 0 Å². The van der Waals surface area contributed by atoms with Gasteiger partial charge in [0, 0.05) is 11.8 Å². The zero-order valence-corrected chi connectivity index (χ0v) is 23.9. The average Bonchev–Trinajstić information content (AvgIpc) is 3.35. The summed E-state index contributed by atoms with van der Waals surface area (Å²) in [5, 5.41) is 0. The van der Waals surface area contributed by atoms with Crippen molar-refractivity contribution in [3.05, 3.63) is 0 Å². The van der Waals surface area contributed by atoms with Crippen LogP contribution in [0.5, 0.6) is 0 Å². The van der Waals surface area contributed by atoms with Gasteiger partial charge in [-0.2, -0.15) is 0 Å². The summed E-state index contributed by atoms with van der Waals surface area (Å²) >= 11 is 0. The lowest BCUT2D eigenvalue weighted by molar-refractivity contribution is -0.208. The molecular formula is C33H60O2. The Morgan fingerprint density at radius 3 is 1.34 bits per heavy atom. The third-order valence-electron chi connectivity index (χ3n) is 10.00. The van der Waals surface area contributed by atoms with E-state index in [4.69, 9.17) is 4.74 Å². The Morgan fingerprint density at radius 2 is 0.943 bits per heavy atom. The van der Waals surface area contributed by atoms with Crippen molar-refractivity contribution in [3.63, 3.8) is 0 Å². The molecule has 0 radical (unpaired) electrons. The molecule has 2 nitrogen and oxygen atoms in total. The number of carbonyl (C=O) groups is 1. The van der Waals surface area contributed by atoms with E-state index in [-0.39, 0.29) is 11.6 Å². The highest BCUT2D eigenvalue weighted by Crippen LogP contribution is 2.88. The lowest BCUT2D eigenvalue weighted by Crippen LogP contribution is -2.59. The molecule has 0 heterocycles. The molecule has 6 saturated carbocycles. The van der Waals surface area contributed by atoms with Gasteiger partial charge in [0.2, 0.25) is 0 Å². The number of carbonyl (C=O) groups excluding carboxylic acids is 1. The van der Waals surface area contributed by atoms with E-state index in [1.54, 1.807) is 0 Å². The van der Waals surface area contributed by atoms with Gasteiger partial charge in [-0.25, -0.2) is 0 Å². The van der Waals surface area contributed by atoms with Crippen LogP contribution >= 0.6 is 0 Å². The standard InChI is InChI=1S/C33H60O2/c1-3-5-7-9-11-13-15-16-18-20-22-24-30(34)35-33(29-31-26-32(33,27-31)28-31)25-23-21-19-17-14-12-10-8-6-4-2/h3-29H2,1-2H3. The van der Waals surface area contributed by atoms with Crippen molar-refractivity contribution in [2.24, 2.45) is 10.8 Å². The van der Waals surface area contributed by atoms with E-state index in [1.165, 1.54) is 154 Å². The van der Waals surface area contributed by atoms with E-state index in [9.17, 15) is 4.79 Å². The number of ether oxygens (including phenoxy) is 1. The minimum absolute atomic E-state index is 0.0674. The molecule has 6 fully saturated rings. The minimum Gasteiger partial charge on any atom is -0.458 e. The average molecular weight is 489 g/mol. The second-order valence-electron chi connectivity index (χ2n) is 13.2. The summed E-state index contributed by atoms with van der Waals surface area (Å²) in [6.45, 7) is 4.58. The fraction of sp³-hybridized carbons (Fsp3) is 0.970. The Bertz CT molecular complexity index is 576. The molecule has 35 heavy (non-hydrogen) atoms. The first kappa shape index (κ1) is 29.0. The van der Waals surface area contributed by atoms with Crippen molar-refractivity contribution in [1.29, 1.82) is 0 Å². The quantitative estimate of drug-likeness (QED) is 0.0997. The van der Waals surface area contributed by atoms with Gasteiger partial charge >= 0.3 is 5.97 Å². The zero-order valence-electron chi connectivity index (χ0n) is 23.9. The lowest BCUT2D eigenvalue weighted by Gasteiger charge is -2.64. The van der Waals surface area contributed by atoms with E-state index < -0.39 is 0 Å². The van der Waals surface area contributed by atoms with Crippen LogP contribution in [0.15, 0.2) is 0 Å². The predicted octanol–water partition coefficient (Wildman–Crippen LogP) is 10.9. The van der Waals surface area contributed by atoms with E-state index in [1.807, 2.05) is 0 Å². The van der Waals surface area contributed by atoms with Crippen LogP contribution in [0.4, 0.5) is 0 Å². The minimum atomic E-state index is -0.0674. The Balaban J connectivity index is 1.22. The lowest BCUT2D eigenvalue weighted by atomic mass is 9.40. The molecule has 0 N–H and O–H groups in total. The normalized spacial score (nSPS) is 28.1. The van der Waals surface area contributed by atoms with Gasteiger partial charge in [-0.05, 0) is 50.4 Å². The van der Waals surface area contributed by atoms with Gasteiger partial charge in [-0.3, -0.25) is 4.79 Å². The van der Waals surface area contributed by atoms with Gasteiger partial charge in [0.1, 0.15) is 5.60 Å². The molecule has 1 unspecified atom stereocenters. The molecule has 204 valence electrons. The highest BCUT2D eigenvalue weighted by Gasteiger charge is 2.84. The maximum absolute atomic E-state index is 12.8. The van der Waals surface area contributed by atoms with Crippen molar-refractivity contribution >= 4 is 5.97 Å². The maximum atomic E-state index is 12.8. The summed E-state index contributed by atoms with van der Waals surface area (Å²) < 4.78 is 6.43. The fourth-order valence-corrected chi connectivity index (χ4v) is 8.11. The number of hydrogen-bond acceptors (Lipinski definition) is 2. The first-order chi connectivity index (χ1) is 17.1. The zero-order chi connectivity index (χ0) is 24.9. The SMILES string of the molecule is CCCCCCCCCCCCCC(=O)OC1(CCCCCCCCCCCC)CC23CC1(C2)C3. The third kappa shape index (κ3) is 8.23. The van der Waals surface area contributed by atoms with Gasteiger partial charge in [0.15, 0.2) is 0 Å². The second-order valence-corrected chi connectivity index (χ2v) is 13.2. The van der Waals surface area contributed by atoms with Crippen molar-refractivity contribution in [2.45, 2.75) is 193 Å². The van der Waals surface area contributed by atoms with Crippen LogP contribution in [-0.4, -0.2) is 11.6 Å². The van der Waals surface area contributed by atoms with Crippen LogP contribution in [0.25, 0.3) is 0 Å². The molecular weight excluding hydrogens is 428 g/mol. The molecule has 0 aliphatic heterocycles. The van der Waals surface area contributed by atoms with Crippen LogP contribution < -0.4 is 0 Å². The molecule has 2 bridgehead atoms. The summed E-state index contributed by atoms with van der Waals surface area (Å²) in [6, 6.07) is 0. The first-order valence-electron chi connectivity index (χ1n) is 16.3. The molecule has 2 heteroatoms. The predicted molar refractivity (Wildman–Crippen MR) is 150 cm³/mol. The summed E-state index contributed by atoms with van der Waals surface area (Å²) in [4.78, 5) is 12.8. The largest absolute Gasteiger partial charge is 0.458 e. The number of rotatable bonds is 24. The summed E-state index contributed by atoms with van der Waals surface area (Å²) in [6.07, 6.45) is 35.5. The highest BCUT2D eigenvalue weighted by molar-refractivity contribution is 5.70. The Labute approximate surface area is 219 Å². The second kappa shape index (κ2) is 15.0. The number of unbranched alkanes of at least 4 members (excludes halogenated alkanes) is 19. The highest BCUT2D eigenvalue weighted by atomic mass is 16.6. The molecule has 0 amide bonds. The smallest absolute Gasteiger partial charge is 0.306 e. The maximum Gasteiger partial charge on any atom is 0.306 e. The summed E-state index contributed by atoms with van der Waals surface area (Å²) in [5.74, 6) is 0.122. The van der Waals surface area contributed by atoms with Gasteiger partial charge in [-0.1, -0.05) is 136 Å². The molecule has 1 atom stereocenters. The molecule has 0 aromatic carbocycles. The molecule has 6 rings (SSSR count). The third-order valence-corrected chi connectivity index (χ3v) is 10.00. The summed E-state index contributed by atoms with van der Waals surface area (Å²) in [7, 11) is 0. The molecule has 0 spiro atoms. The van der Waals surface area contributed by atoms with Gasteiger partial charge < -0.3 is 4.74 Å². The molecule has 6 aliphatic carbocycles. The Kier molecular flexibility index (Phi) is 12.5. The Morgan fingerprint density at radius 1 is 0.543 bits per heavy atom. The van der Waals surface area contributed by atoms with Crippen molar-refractivity contribution in [1.82, 2.24) is 0 Å². The van der Waals surface area contributed by atoms with Crippen LogP contribution in [0, 0.1) is 10.8 Å². The van der Waals surface area contributed by atoms with Crippen LogP contribution in [0.2, 0.25) is 0 Å². The van der Waals surface area contributed by atoms with Gasteiger partial charge in [0.25, 0.3) is 0 Å². The first-order valence-corrected chi connectivity index (χ1v) is 16.3. The Hall–Kier alpha value is -0.530.